The highest BCUT2D eigenvalue weighted by molar-refractivity contribution is 5.98. The smallest absolute Gasteiger partial charge is 0.338 e. The van der Waals surface area contributed by atoms with E-state index in [1.165, 1.54) is 38.3 Å². The Morgan fingerprint density at radius 1 is 0.929 bits per heavy atom. The summed E-state index contributed by atoms with van der Waals surface area (Å²) in [6.07, 6.45) is -0.0308. The molecule has 6 heteroatoms. The van der Waals surface area contributed by atoms with Gasteiger partial charge in [-0.05, 0) is 55.2 Å². The number of ether oxygens (including phenoxy) is 2. The van der Waals surface area contributed by atoms with Crippen molar-refractivity contribution in [3.8, 4) is 0 Å². The molecule has 0 aliphatic carbocycles. The molecule has 2 rings (SSSR count). The zero-order chi connectivity index (χ0) is 20.7. The molecule has 0 radical (unpaired) electrons. The summed E-state index contributed by atoms with van der Waals surface area (Å²) < 4.78 is 9.87. The zero-order valence-electron chi connectivity index (χ0n) is 16.5. The molecule has 0 saturated heterocycles. The lowest BCUT2D eigenvalue weighted by Gasteiger charge is -2.18. The van der Waals surface area contributed by atoms with Gasteiger partial charge in [0, 0.05) is 5.69 Å². The van der Waals surface area contributed by atoms with Crippen molar-refractivity contribution in [2.75, 3.05) is 12.4 Å². The molecule has 2 aromatic rings. The van der Waals surface area contributed by atoms with Crippen molar-refractivity contribution in [2.24, 2.45) is 0 Å². The minimum atomic E-state index is -0.974. The highest BCUT2D eigenvalue weighted by Gasteiger charge is 2.21. The largest absolute Gasteiger partial charge is 0.465 e. The number of hydrogen-bond donors (Lipinski definition) is 1. The van der Waals surface area contributed by atoms with Crippen LogP contribution in [0.2, 0.25) is 0 Å². The summed E-state index contributed by atoms with van der Waals surface area (Å²) in [5.41, 5.74) is 2.32. The molecule has 0 spiro atoms. The second-order valence-electron chi connectivity index (χ2n) is 6.50. The fraction of sp³-hybridized carbons (Fsp3) is 0.318. The highest BCUT2D eigenvalue weighted by atomic mass is 16.5. The minimum absolute atomic E-state index is 0.243. The Hall–Kier alpha value is -3.15. The van der Waals surface area contributed by atoms with Gasteiger partial charge in [0.05, 0.1) is 18.2 Å². The number of carbonyl (C=O) groups excluding carboxylic acids is 3. The van der Waals surface area contributed by atoms with Crippen LogP contribution in [-0.4, -0.2) is 31.1 Å². The molecule has 0 saturated carbocycles. The van der Waals surface area contributed by atoms with E-state index < -0.39 is 23.9 Å². The third-order valence-corrected chi connectivity index (χ3v) is 4.56. The maximum absolute atomic E-state index is 12.5. The molecule has 6 nitrogen and oxygen atoms in total. The van der Waals surface area contributed by atoms with E-state index in [2.05, 4.69) is 23.9 Å². The van der Waals surface area contributed by atoms with Crippen LogP contribution in [0.4, 0.5) is 5.69 Å². The van der Waals surface area contributed by atoms with E-state index in [1.807, 2.05) is 24.3 Å². The molecule has 2 aromatic carbocycles. The van der Waals surface area contributed by atoms with Crippen molar-refractivity contribution in [2.45, 2.75) is 39.2 Å². The van der Waals surface area contributed by atoms with E-state index in [1.54, 1.807) is 0 Å². The van der Waals surface area contributed by atoms with Gasteiger partial charge in [0.1, 0.15) is 0 Å². The molecule has 0 aliphatic heterocycles. The lowest BCUT2D eigenvalue weighted by Crippen LogP contribution is -2.30. The predicted octanol–water partition coefficient (Wildman–Crippen LogP) is 4.17. The van der Waals surface area contributed by atoms with Crippen LogP contribution >= 0.6 is 0 Å². The third-order valence-electron chi connectivity index (χ3n) is 4.56. The van der Waals surface area contributed by atoms with Crippen LogP contribution in [0.5, 0.6) is 0 Å². The highest BCUT2D eigenvalue weighted by Crippen LogP contribution is 2.26. The maximum atomic E-state index is 12.5. The normalized spacial score (nSPS) is 12.6. The number of nitrogens with one attached hydrogen (secondary N) is 1. The first-order valence-corrected chi connectivity index (χ1v) is 9.16. The molecular formula is C22H25NO5. The monoisotopic (exact) mass is 383 g/mol. The summed E-state index contributed by atoms with van der Waals surface area (Å²) in [7, 11) is 1.28. The number of rotatable bonds is 7. The van der Waals surface area contributed by atoms with Crippen molar-refractivity contribution in [3.63, 3.8) is 0 Å². The van der Waals surface area contributed by atoms with Crippen molar-refractivity contribution in [1.29, 1.82) is 0 Å². The molecule has 1 N–H and O–H groups in total. The Kier molecular flexibility index (Phi) is 7.32. The van der Waals surface area contributed by atoms with Crippen LogP contribution < -0.4 is 5.32 Å². The van der Waals surface area contributed by atoms with E-state index in [4.69, 9.17) is 4.74 Å². The third kappa shape index (κ3) is 5.19. The summed E-state index contributed by atoms with van der Waals surface area (Å²) in [5, 5.41) is 2.84. The molecule has 0 aliphatic rings. The van der Waals surface area contributed by atoms with E-state index >= 15 is 0 Å². The lowest BCUT2D eigenvalue weighted by molar-refractivity contribution is -0.123. The number of carbonyl (C=O) groups is 3. The molecule has 0 bridgehead atoms. The Bertz CT molecular complexity index is 844. The van der Waals surface area contributed by atoms with Crippen molar-refractivity contribution in [1.82, 2.24) is 0 Å². The number of hydrogen-bond acceptors (Lipinski definition) is 5. The van der Waals surface area contributed by atoms with Crippen molar-refractivity contribution < 1.29 is 23.9 Å². The topological polar surface area (TPSA) is 81.7 Å². The van der Waals surface area contributed by atoms with Crippen LogP contribution in [0.25, 0.3) is 0 Å². The van der Waals surface area contributed by atoms with Crippen LogP contribution in [0.1, 0.15) is 59.4 Å². The van der Waals surface area contributed by atoms with Crippen LogP contribution in [-0.2, 0) is 14.3 Å². The number of amides is 1. The number of methoxy groups -OCH3 is 1. The zero-order valence-corrected chi connectivity index (χ0v) is 16.5. The minimum Gasteiger partial charge on any atom is -0.465 e. The maximum Gasteiger partial charge on any atom is 0.338 e. The fourth-order valence-corrected chi connectivity index (χ4v) is 2.64. The summed E-state index contributed by atoms with van der Waals surface area (Å²) >= 11 is 0. The molecular weight excluding hydrogens is 358 g/mol. The second-order valence-corrected chi connectivity index (χ2v) is 6.50. The average Bonchev–Trinajstić information content (AvgIpc) is 2.72. The SMILES string of the molecule is CC[C@@H](C)c1ccccc1NC(=O)[C@@H](C)OC(=O)c1ccc(C(=O)OC)cc1. The first-order valence-electron chi connectivity index (χ1n) is 9.16. The van der Waals surface area contributed by atoms with Gasteiger partial charge in [0.15, 0.2) is 6.10 Å². The Balaban J connectivity index is 2.02. The summed E-state index contributed by atoms with van der Waals surface area (Å²) in [6.45, 7) is 5.69. The van der Waals surface area contributed by atoms with Crippen LogP contribution in [0.3, 0.4) is 0 Å². The van der Waals surface area contributed by atoms with Gasteiger partial charge in [-0.25, -0.2) is 9.59 Å². The van der Waals surface area contributed by atoms with Crippen molar-refractivity contribution >= 4 is 23.5 Å². The van der Waals surface area contributed by atoms with Gasteiger partial charge in [0.25, 0.3) is 5.91 Å². The second kappa shape index (κ2) is 9.69. The number of para-hydroxylation sites is 1. The quantitative estimate of drug-likeness (QED) is 0.726. The van der Waals surface area contributed by atoms with E-state index in [0.717, 1.165) is 12.0 Å². The van der Waals surface area contributed by atoms with Gasteiger partial charge in [-0.2, -0.15) is 0 Å². The Morgan fingerprint density at radius 3 is 2.07 bits per heavy atom. The summed E-state index contributed by atoms with van der Waals surface area (Å²) in [4.78, 5) is 36.2. The number of benzene rings is 2. The lowest BCUT2D eigenvalue weighted by atomic mass is 9.97. The van der Waals surface area contributed by atoms with Crippen LogP contribution in [0, 0.1) is 0 Å². The molecule has 0 aromatic heterocycles. The van der Waals surface area contributed by atoms with E-state index in [9.17, 15) is 14.4 Å². The molecule has 2 atom stereocenters. The summed E-state index contributed by atoms with van der Waals surface area (Å²) in [5.74, 6) is -1.25. The van der Waals surface area contributed by atoms with Gasteiger partial charge in [-0.1, -0.05) is 32.0 Å². The van der Waals surface area contributed by atoms with E-state index in [0.29, 0.717) is 17.2 Å². The first-order chi connectivity index (χ1) is 13.4. The molecule has 28 heavy (non-hydrogen) atoms. The van der Waals surface area contributed by atoms with E-state index in [-0.39, 0.29) is 5.56 Å². The molecule has 1 amide bonds. The molecule has 0 heterocycles. The van der Waals surface area contributed by atoms with Crippen molar-refractivity contribution in [3.05, 3.63) is 65.2 Å². The first kappa shape index (κ1) is 21.2. The van der Waals surface area contributed by atoms with Gasteiger partial charge in [0.2, 0.25) is 0 Å². The number of anilines is 1. The van der Waals surface area contributed by atoms with Gasteiger partial charge in [-0.15, -0.1) is 0 Å². The summed E-state index contributed by atoms with van der Waals surface area (Å²) in [6, 6.07) is 13.4. The predicted molar refractivity (Wildman–Crippen MR) is 106 cm³/mol. The van der Waals surface area contributed by atoms with Crippen LogP contribution in [0.15, 0.2) is 48.5 Å². The molecule has 148 valence electrons. The fourth-order valence-electron chi connectivity index (χ4n) is 2.64. The Labute approximate surface area is 164 Å². The Morgan fingerprint density at radius 2 is 1.50 bits per heavy atom. The van der Waals surface area contributed by atoms with Gasteiger partial charge < -0.3 is 14.8 Å². The van der Waals surface area contributed by atoms with Gasteiger partial charge >= 0.3 is 11.9 Å². The molecule has 0 fully saturated rings. The number of esters is 2. The standard InChI is InChI=1S/C22H25NO5/c1-5-14(2)18-8-6-7-9-19(18)23-20(24)15(3)28-22(26)17-12-10-16(11-13-17)21(25)27-4/h6-15H,5H2,1-4H3,(H,23,24)/t14-,15-/m1/s1. The van der Waals surface area contributed by atoms with Gasteiger partial charge in [-0.3, -0.25) is 4.79 Å². The average molecular weight is 383 g/mol. The molecule has 0 unspecified atom stereocenters.